The summed E-state index contributed by atoms with van der Waals surface area (Å²) in [5.74, 6) is 1.01. The van der Waals surface area contributed by atoms with E-state index < -0.39 is 0 Å². The van der Waals surface area contributed by atoms with E-state index in [1.807, 2.05) is 7.05 Å². The van der Waals surface area contributed by atoms with Gasteiger partial charge in [-0.2, -0.15) is 0 Å². The minimum atomic E-state index is -0.0426. The number of benzene rings is 1. The normalized spacial score (nSPS) is 25.1. The highest BCUT2D eigenvalue weighted by atomic mass is 16.5. The highest BCUT2D eigenvalue weighted by Crippen LogP contribution is 2.38. The number of hydrogen-bond donors (Lipinski definition) is 2. The average molecular weight is 359 g/mol. The molecule has 5 heteroatoms. The summed E-state index contributed by atoms with van der Waals surface area (Å²) in [4.78, 5) is 6.92. The molecule has 0 saturated carbocycles. The topological polar surface area (TPSA) is 48.9 Å². The lowest BCUT2D eigenvalue weighted by molar-refractivity contribution is 0.156. The van der Waals surface area contributed by atoms with Gasteiger partial charge >= 0.3 is 0 Å². The molecule has 2 aliphatic heterocycles. The molecule has 5 nitrogen and oxygen atoms in total. The fourth-order valence-corrected chi connectivity index (χ4v) is 4.18. The van der Waals surface area contributed by atoms with Crippen molar-refractivity contribution in [3.05, 3.63) is 35.9 Å². The molecule has 0 aliphatic carbocycles. The van der Waals surface area contributed by atoms with E-state index in [2.05, 4.69) is 71.6 Å². The van der Waals surface area contributed by atoms with Crippen molar-refractivity contribution in [2.24, 2.45) is 10.4 Å². The lowest BCUT2D eigenvalue weighted by atomic mass is 9.87. The Morgan fingerprint density at radius 1 is 1.31 bits per heavy atom. The molecule has 2 heterocycles. The third-order valence-electron chi connectivity index (χ3n) is 5.73. The second kappa shape index (κ2) is 7.97. The van der Waals surface area contributed by atoms with Gasteiger partial charge in [-0.15, -0.1) is 0 Å². The Labute approximate surface area is 158 Å². The van der Waals surface area contributed by atoms with Gasteiger partial charge in [0.05, 0.1) is 6.61 Å². The van der Waals surface area contributed by atoms with Crippen molar-refractivity contribution < 1.29 is 4.74 Å². The summed E-state index contributed by atoms with van der Waals surface area (Å²) < 4.78 is 5.65. The first-order chi connectivity index (χ1) is 12.4. The Morgan fingerprint density at radius 2 is 2.08 bits per heavy atom. The zero-order chi connectivity index (χ0) is 18.6. The zero-order valence-electron chi connectivity index (χ0n) is 16.7. The summed E-state index contributed by atoms with van der Waals surface area (Å²) >= 11 is 0. The molecule has 2 saturated heterocycles. The summed E-state index contributed by atoms with van der Waals surface area (Å²) in [6.45, 7) is 11.5. The fraction of sp³-hybridized carbons (Fsp3) is 0.667. The van der Waals surface area contributed by atoms with Crippen molar-refractivity contribution >= 4 is 5.96 Å². The molecule has 2 atom stereocenters. The first kappa shape index (κ1) is 19.2. The summed E-state index contributed by atoms with van der Waals surface area (Å²) in [7, 11) is 1.88. The Balaban J connectivity index is 1.53. The molecule has 0 amide bonds. The molecule has 144 valence electrons. The molecule has 1 aromatic rings. The molecule has 0 bridgehead atoms. The standard InChI is InChI=1S/C21H34N4O/c1-17(18-8-6-5-7-9-18)24-20(2,3)14-23-19(22-4)25-12-10-21(15-25)11-13-26-16-21/h5-9,17,24H,10-16H2,1-4H3,(H,22,23). The van der Waals surface area contributed by atoms with Crippen molar-refractivity contribution in [2.75, 3.05) is 39.9 Å². The predicted octanol–water partition coefficient (Wildman–Crippen LogP) is 2.80. The molecule has 1 aromatic carbocycles. The molecule has 2 fully saturated rings. The summed E-state index contributed by atoms with van der Waals surface area (Å²) in [6.07, 6.45) is 2.39. The van der Waals surface area contributed by atoms with Crippen LogP contribution in [0.2, 0.25) is 0 Å². The number of rotatable bonds is 5. The molecule has 0 aromatic heterocycles. The van der Waals surface area contributed by atoms with Crippen molar-refractivity contribution in [3.8, 4) is 0 Å². The number of nitrogens with one attached hydrogen (secondary N) is 2. The summed E-state index contributed by atoms with van der Waals surface area (Å²) in [5, 5.41) is 7.32. The fourth-order valence-electron chi connectivity index (χ4n) is 4.18. The van der Waals surface area contributed by atoms with Crippen LogP contribution in [0, 0.1) is 5.41 Å². The third kappa shape index (κ3) is 4.57. The van der Waals surface area contributed by atoms with Crippen molar-refractivity contribution in [1.82, 2.24) is 15.5 Å². The molecule has 26 heavy (non-hydrogen) atoms. The first-order valence-corrected chi connectivity index (χ1v) is 9.79. The minimum absolute atomic E-state index is 0.0426. The Hall–Kier alpha value is -1.59. The van der Waals surface area contributed by atoms with Gasteiger partial charge in [0.25, 0.3) is 0 Å². The van der Waals surface area contributed by atoms with Crippen LogP contribution in [0.25, 0.3) is 0 Å². The number of aliphatic imine (C=N–C) groups is 1. The number of nitrogens with zero attached hydrogens (tertiary/aromatic N) is 2. The quantitative estimate of drug-likeness (QED) is 0.628. The van der Waals surface area contributed by atoms with Crippen LogP contribution in [-0.2, 0) is 4.74 Å². The zero-order valence-corrected chi connectivity index (χ0v) is 16.7. The average Bonchev–Trinajstić information content (AvgIpc) is 3.26. The van der Waals surface area contributed by atoms with E-state index in [1.54, 1.807) is 0 Å². The number of ether oxygens (including phenoxy) is 1. The molecule has 3 rings (SSSR count). The molecule has 2 N–H and O–H groups in total. The van der Waals surface area contributed by atoms with E-state index >= 15 is 0 Å². The minimum Gasteiger partial charge on any atom is -0.381 e. The van der Waals surface area contributed by atoms with Crippen LogP contribution in [-0.4, -0.2) is 56.3 Å². The lowest BCUT2D eigenvalue weighted by Gasteiger charge is -2.33. The predicted molar refractivity (Wildman–Crippen MR) is 107 cm³/mol. The molecule has 2 unspecified atom stereocenters. The number of likely N-dealkylation sites (tertiary alicyclic amines) is 1. The maximum absolute atomic E-state index is 5.65. The van der Waals surface area contributed by atoms with Crippen LogP contribution in [0.1, 0.15) is 45.2 Å². The van der Waals surface area contributed by atoms with Gasteiger partial charge in [-0.3, -0.25) is 4.99 Å². The van der Waals surface area contributed by atoms with Crippen LogP contribution in [0.3, 0.4) is 0 Å². The van der Waals surface area contributed by atoms with E-state index in [0.29, 0.717) is 11.5 Å². The first-order valence-electron chi connectivity index (χ1n) is 9.79. The highest BCUT2D eigenvalue weighted by Gasteiger charge is 2.42. The third-order valence-corrected chi connectivity index (χ3v) is 5.73. The summed E-state index contributed by atoms with van der Waals surface area (Å²) in [6, 6.07) is 10.9. The van der Waals surface area contributed by atoms with Gasteiger partial charge in [0.1, 0.15) is 0 Å². The Kier molecular flexibility index (Phi) is 5.88. The molecule has 2 aliphatic rings. The van der Waals surface area contributed by atoms with Gasteiger partial charge in [-0.1, -0.05) is 30.3 Å². The van der Waals surface area contributed by atoms with Crippen molar-refractivity contribution in [2.45, 2.75) is 45.2 Å². The molecule has 1 spiro atoms. The molecule has 0 radical (unpaired) electrons. The van der Waals surface area contributed by atoms with Gasteiger partial charge in [0.15, 0.2) is 5.96 Å². The molecular weight excluding hydrogens is 324 g/mol. The van der Waals surface area contributed by atoms with Crippen molar-refractivity contribution in [1.29, 1.82) is 0 Å². The Bertz CT molecular complexity index is 608. The number of guanidine groups is 1. The lowest BCUT2D eigenvalue weighted by Crippen LogP contribution is -2.52. The molecular formula is C21H34N4O. The van der Waals surface area contributed by atoms with Gasteiger partial charge < -0.3 is 20.3 Å². The van der Waals surface area contributed by atoms with Crippen LogP contribution < -0.4 is 10.6 Å². The largest absolute Gasteiger partial charge is 0.381 e. The highest BCUT2D eigenvalue weighted by molar-refractivity contribution is 5.80. The van der Waals surface area contributed by atoms with E-state index in [1.165, 1.54) is 18.4 Å². The monoisotopic (exact) mass is 358 g/mol. The van der Waals surface area contributed by atoms with E-state index in [0.717, 1.165) is 38.8 Å². The van der Waals surface area contributed by atoms with Gasteiger partial charge in [0, 0.05) is 50.3 Å². The van der Waals surface area contributed by atoms with Crippen LogP contribution in [0.15, 0.2) is 35.3 Å². The second-order valence-corrected chi connectivity index (χ2v) is 8.54. The van der Waals surface area contributed by atoms with Gasteiger partial charge in [-0.25, -0.2) is 0 Å². The van der Waals surface area contributed by atoms with Crippen LogP contribution in [0.4, 0.5) is 0 Å². The van der Waals surface area contributed by atoms with Crippen LogP contribution in [0.5, 0.6) is 0 Å². The van der Waals surface area contributed by atoms with E-state index in [-0.39, 0.29) is 5.54 Å². The number of hydrogen-bond acceptors (Lipinski definition) is 3. The second-order valence-electron chi connectivity index (χ2n) is 8.54. The SMILES string of the molecule is CN=C(NCC(C)(C)NC(C)c1ccccc1)N1CCC2(CCOC2)C1. The summed E-state index contributed by atoms with van der Waals surface area (Å²) in [5.41, 5.74) is 1.62. The van der Waals surface area contributed by atoms with Crippen molar-refractivity contribution in [3.63, 3.8) is 0 Å². The Morgan fingerprint density at radius 3 is 2.73 bits per heavy atom. The van der Waals surface area contributed by atoms with E-state index in [9.17, 15) is 0 Å². The van der Waals surface area contributed by atoms with Gasteiger partial charge in [0.2, 0.25) is 0 Å². The van der Waals surface area contributed by atoms with Gasteiger partial charge in [-0.05, 0) is 39.2 Å². The maximum atomic E-state index is 5.65. The smallest absolute Gasteiger partial charge is 0.193 e. The van der Waals surface area contributed by atoms with E-state index in [4.69, 9.17) is 4.74 Å². The van der Waals surface area contributed by atoms with Crippen LogP contribution >= 0.6 is 0 Å². The maximum Gasteiger partial charge on any atom is 0.193 e.